The van der Waals surface area contributed by atoms with Crippen molar-refractivity contribution in [2.75, 3.05) is 0 Å². The van der Waals surface area contributed by atoms with Crippen LogP contribution in [0.15, 0.2) is 109 Å². The predicted octanol–water partition coefficient (Wildman–Crippen LogP) is 6.08. The van der Waals surface area contributed by atoms with E-state index in [1.807, 2.05) is 86.2 Å². The van der Waals surface area contributed by atoms with Crippen LogP contribution >= 0.6 is 0 Å². The molecule has 3 aromatic carbocycles. The summed E-state index contributed by atoms with van der Waals surface area (Å²) in [5.41, 5.74) is 2.87. The maximum atomic E-state index is 12.2. The number of hydrogen-bond donors (Lipinski definition) is 0. The van der Waals surface area contributed by atoms with Gasteiger partial charge in [-0.3, -0.25) is 4.68 Å². The van der Waals surface area contributed by atoms with Gasteiger partial charge in [0.2, 0.25) is 0 Å². The number of esters is 1. The quantitative estimate of drug-likeness (QED) is 0.209. The smallest absolute Gasteiger partial charge is 0.331 e. The van der Waals surface area contributed by atoms with Crippen LogP contribution in [-0.2, 0) is 15.1 Å². The molecule has 0 spiro atoms. The lowest BCUT2D eigenvalue weighted by Crippen LogP contribution is -2.38. The Morgan fingerprint density at radius 2 is 1.24 bits per heavy atom. The fourth-order valence-corrected chi connectivity index (χ4v) is 4.04. The van der Waals surface area contributed by atoms with E-state index in [1.54, 1.807) is 12.3 Å². The fraction of sp³-hybridized carbons (Fsp3) is 0.172. The van der Waals surface area contributed by atoms with Crippen LogP contribution in [0.25, 0.3) is 6.08 Å². The van der Waals surface area contributed by atoms with Crippen molar-refractivity contribution in [3.8, 4) is 0 Å². The molecule has 0 atom stereocenters. The van der Waals surface area contributed by atoms with E-state index in [9.17, 15) is 4.79 Å². The van der Waals surface area contributed by atoms with Crippen LogP contribution in [0.1, 0.15) is 43.0 Å². The molecule has 33 heavy (non-hydrogen) atoms. The maximum Gasteiger partial charge on any atom is 0.331 e. The average Bonchev–Trinajstić information content (AvgIpc) is 3.29. The molecular formula is C29H28N2O2. The molecule has 0 fully saturated rings. The molecule has 166 valence electrons. The minimum atomic E-state index is -0.679. The highest BCUT2D eigenvalue weighted by Crippen LogP contribution is 2.40. The van der Waals surface area contributed by atoms with Gasteiger partial charge in [0, 0.05) is 17.8 Å². The number of carbonyl (C=O) groups excluding carboxylic acids is 1. The summed E-state index contributed by atoms with van der Waals surface area (Å²) in [4.78, 5) is 12.2. The summed E-state index contributed by atoms with van der Waals surface area (Å²) < 4.78 is 7.36. The zero-order valence-electron chi connectivity index (χ0n) is 19.2. The largest absolute Gasteiger partial charge is 0.457 e. The van der Waals surface area contributed by atoms with E-state index in [1.165, 1.54) is 6.08 Å². The summed E-state index contributed by atoms with van der Waals surface area (Å²) in [6, 6.07) is 31.1. The van der Waals surface area contributed by atoms with Gasteiger partial charge in [-0.2, -0.15) is 5.10 Å². The van der Waals surface area contributed by atoms with Crippen molar-refractivity contribution in [1.29, 1.82) is 0 Å². The highest BCUT2D eigenvalue weighted by atomic mass is 16.6. The van der Waals surface area contributed by atoms with Crippen LogP contribution in [-0.4, -0.2) is 21.4 Å². The van der Waals surface area contributed by atoms with Gasteiger partial charge >= 0.3 is 5.97 Å². The summed E-state index contributed by atoms with van der Waals surface area (Å²) in [6.07, 6.45) is 6.92. The van der Waals surface area contributed by atoms with Gasteiger partial charge in [0.25, 0.3) is 0 Å². The molecule has 1 heterocycles. The minimum Gasteiger partial charge on any atom is -0.457 e. The Kier molecular flexibility index (Phi) is 6.27. The molecule has 0 saturated heterocycles. The van der Waals surface area contributed by atoms with Crippen molar-refractivity contribution < 1.29 is 9.53 Å². The fourth-order valence-electron chi connectivity index (χ4n) is 4.04. The van der Waals surface area contributed by atoms with Gasteiger partial charge in [-0.25, -0.2) is 4.79 Å². The summed E-state index contributed by atoms with van der Waals surface area (Å²) >= 11 is 0. The van der Waals surface area contributed by atoms with Crippen LogP contribution in [0.4, 0.5) is 0 Å². The Morgan fingerprint density at radius 3 is 1.67 bits per heavy atom. The number of ether oxygens (including phenoxy) is 1. The standard InChI is InChI=1S/C29H28N2O2/c1-28(2,3)33-27(32)20-19-23-21-30-31(22-23)29(24-13-7-4-8-14-24,25-15-9-5-10-16-25)26-17-11-6-12-18-26/h4-22H,1-3H3/b20-19+. The number of rotatable bonds is 6. The molecule has 4 rings (SSSR count). The lowest BCUT2D eigenvalue weighted by molar-refractivity contribution is -0.148. The molecule has 4 heteroatoms. The molecule has 0 radical (unpaired) electrons. The van der Waals surface area contributed by atoms with Crippen LogP contribution in [0, 0.1) is 0 Å². The Bertz CT molecular complexity index is 1120. The van der Waals surface area contributed by atoms with Gasteiger partial charge in [-0.15, -0.1) is 0 Å². The molecule has 0 aliphatic rings. The first-order valence-corrected chi connectivity index (χ1v) is 11.0. The third-order valence-corrected chi connectivity index (χ3v) is 5.34. The normalized spacial score (nSPS) is 12.1. The maximum absolute atomic E-state index is 12.2. The highest BCUT2D eigenvalue weighted by Gasteiger charge is 2.39. The number of aromatic nitrogens is 2. The molecule has 0 bridgehead atoms. The second-order valence-corrected chi connectivity index (χ2v) is 8.89. The summed E-state index contributed by atoms with van der Waals surface area (Å²) in [5, 5.41) is 4.78. The molecule has 1 aromatic heterocycles. The van der Waals surface area contributed by atoms with E-state index in [-0.39, 0.29) is 5.97 Å². The number of carbonyl (C=O) groups is 1. The third kappa shape index (κ3) is 4.80. The van der Waals surface area contributed by atoms with E-state index in [0.717, 1.165) is 22.3 Å². The zero-order valence-corrected chi connectivity index (χ0v) is 19.2. The topological polar surface area (TPSA) is 44.1 Å². The van der Waals surface area contributed by atoms with Crippen molar-refractivity contribution in [2.24, 2.45) is 0 Å². The molecule has 0 unspecified atom stereocenters. The molecule has 4 aromatic rings. The van der Waals surface area contributed by atoms with E-state index in [2.05, 4.69) is 36.4 Å². The average molecular weight is 437 g/mol. The molecule has 0 saturated carbocycles. The van der Waals surface area contributed by atoms with Gasteiger partial charge in [0.1, 0.15) is 11.1 Å². The van der Waals surface area contributed by atoms with Crippen LogP contribution in [0.2, 0.25) is 0 Å². The molecule has 0 amide bonds. The molecule has 0 aliphatic heterocycles. The van der Waals surface area contributed by atoms with Crippen LogP contribution in [0.5, 0.6) is 0 Å². The molecular weight excluding hydrogens is 408 g/mol. The van der Waals surface area contributed by atoms with Gasteiger partial charge in [0.15, 0.2) is 0 Å². The van der Waals surface area contributed by atoms with Gasteiger partial charge in [-0.1, -0.05) is 91.0 Å². The Labute approximate surface area is 195 Å². The molecule has 0 N–H and O–H groups in total. The van der Waals surface area contributed by atoms with Crippen LogP contribution in [0.3, 0.4) is 0 Å². The Balaban J connectivity index is 1.86. The third-order valence-electron chi connectivity index (χ3n) is 5.34. The predicted molar refractivity (Wildman–Crippen MR) is 132 cm³/mol. The number of nitrogens with zero attached hydrogens (tertiary/aromatic N) is 2. The number of benzene rings is 3. The lowest BCUT2D eigenvalue weighted by atomic mass is 9.77. The second kappa shape index (κ2) is 9.29. The van der Waals surface area contributed by atoms with Gasteiger partial charge < -0.3 is 4.74 Å². The van der Waals surface area contributed by atoms with E-state index < -0.39 is 11.1 Å². The first kappa shape index (κ1) is 22.3. The molecule has 4 nitrogen and oxygen atoms in total. The van der Waals surface area contributed by atoms with Crippen molar-refractivity contribution in [2.45, 2.75) is 31.9 Å². The Hall–Kier alpha value is -3.92. The summed E-state index contributed by atoms with van der Waals surface area (Å²) in [6.45, 7) is 5.56. The molecule has 0 aliphatic carbocycles. The monoisotopic (exact) mass is 436 g/mol. The van der Waals surface area contributed by atoms with Crippen molar-refractivity contribution in [3.63, 3.8) is 0 Å². The summed E-state index contributed by atoms with van der Waals surface area (Å²) in [5.74, 6) is -0.379. The number of hydrogen-bond acceptors (Lipinski definition) is 3. The van der Waals surface area contributed by atoms with E-state index in [4.69, 9.17) is 9.84 Å². The summed E-state index contributed by atoms with van der Waals surface area (Å²) in [7, 11) is 0. The second-order valence-electron chi connectivity index (χ2n) is 8.89. The Morgan fingerprint density at radius 1 is 0.788 bits per heavy atom. The lowest BCUT2D eigenvalue weighted by Gasteiger charge is -2.36. The first-order valence-electron chi connectivity index (χ1n) is 11.0. The first-order chi connectivity index (χ1) is 15.9. The van der Waals surface area contributed by atoms with Crippen LogP contribution < -0.4 is 0 Å². The van der Waals surface area contributed by atoms with Crippen molar-refractivity contribution in [1.82, 2.24) is 9.78 Å². The highest BCUT2D eigenvalue weighted by molar-refractivity contribution is 5.87. The van der Waals surface area contributed by atoms with Crippen molar-refractivity contribution >= 4 is 12.0 Å². The van der Waals surface area contributed by atoms with E-state index in [0.29, 0.717) is 0 Å². The van der Waals surface area contributed by atoms with Gasteiger partial charge in [-0.05, 0) is 43.5 Å². The zero-order chi connectivity index (χ0) is 23.3. The minimum absolute atomic E-state index is 0.379. The van der Waals surface area contributed by atoms with E-state index >= 15 is 0 Å². The van der Waals surface area contributed by atoms with Crippen molar-refractivity contribution in [3.05, 3.63) is 132 Å². The van der Waals surface area contributed by atoms with Gasteiger partial charge in [0.05, 0.1) is 6.20 Å². The SMILES string of the molecule is CC(C)(C)OC(=O)/C=C/c1cnn(C(c2ccccc2)(c2ccccc2)c2ccccc2)c1.